The molecule has 0 atom stereocenters. The van der Waals surface area contributed by atoms with Gasteiger partial charge in [-0.25, -0.2) is 8.42 Å². The minimum Gasteiger partial charge on any atom is -0.495 e. The van der Waals surface area contributed by atoms with Crippen LogP contribution in [-0.2, 0) is 33.1 Å². The number of carbonyl (C=O) groups is 1. The SMILES string of the molecule is CNC(=O)Cc1cc(OC)c(S(=O)(=O)Nc2noc3c2CC2(CC2)c2ccc(N4CCC4)cc2-3)c(OC)c1. The number of ether oxygens (including phenoxy) is 2. The Kier molecular flexibility index (Phi) is 5.78. The highest BCUT2D eigenvalue weighted by atomic mass is 32.2. The number of aromatic nitrogens is 1. The number of hydrogen-bond donors (Lipinski definition) is 2. The quantitative estimate of drug-likeness (QED) is 0.448. The molecule has 0 bridgehead atoms. The van der Waals surface area contributed by atoms with Crippen molar-refractivity contribution in [2.45, 2.75) is 42.4 Å². The standard InChI is InChI=1S/C27H30N4O6S/c1-28-23(32)13-16-11-21(35-2)25(22(12-16)36-3)38(33,34)30-26-19-15-27(7-8-27)20-6-5-17(31-9-4-10-31)14-18(20)24(19)37-29-26/h5-6,11-12,14H,4,7-10,13,15H2,1-3H3,(H,28,32)(H,29,30). The van der Waals surface area contributed by atoms with Gasteiger partial charge in [-0.3, -0.25) is 9.52 Å². The van der Waals surface area contributed by atoms with Gasteiger partial charge in [-0.1, -0.05) is 11.2 Å². The summed E-state index contributed by atoms with van der Waals surface area (Å²) in [6, 6.07) is 9.57. The van der Waals surface area contributed by atoms with Crippen LogP contribution in [0.25, 0.3) is 11.3 Å². The Labute approximate surface area is 221 Å². The monoisotopic (exact) mass is 538 g/mol. The number of likely N-dealkylation sites (N-methyl/N-ethyl adjacent to an activating group) is 1. The fourth-order valence-electron chi connectivity index (χ4n) is 5.50. The molecule has 1 saturated heterocycles. The lowest BCUT2D eigenvalue weighted by Gasteiger charge is -2.34. The Hall–Kier alpha value is -3.73. The van der Waals surface area contributed by atoms with Crippen molar-refractivity contribution in [1.82, 2.24) is 10.5 Å². The summed E-state index contributed by atoms with van der Waals surface area (Å²) in [4.78, 5) is 14.0. The van der Waals surface area contributed by atoms with Crippen LogP contribution in [-0.4, -0.2) is 53.8 Å². The Balaban J connectivity index is 1.38. The molecule has 0 radical (unpaired) electrons. The number of amides is 1. The second kappa shape index (κ2) is 8.93. The summed E-state index contributed by atoms with van der Waals surface area (Å²) in [5.41, 5.74) is 4.67. The molecular weight excluding hydrogens is 508 g/mol. The summed E-state index contributed by atoms with van der Waals surface area (Å²) in [6.45, 7) is 2.06. The van der Waals surface area contributed by atoms with E-state index in [1.165, 1.54) is 45.4 Å². The predicted molar refractivity (Wildman–Crippen MR) is 142 cm³/mol. The summed E-state index contributed by atoms with van der Waals surface area (Å²) in [7, 11) is 0.0888. The van der Waals surface area contributed by atoms with E-state index in [9.17, 15) is 13.2 Å². The van der Waals surface area contributed by atoms with Crippen LogP contribution in [0.1, 0.15) is 36.0 Å². The van der Waals surface area contributed by atoms with Crippen LogP contribution in [0.3, 0.4) is 0 Å². The molecule has 6 rings (SSSR count). The number of methoxy groups -OCH3 is 2. The van der Waals surface area contributed by atoms with E-state index in [1.54, 1.807) is 0 Å². The fraction of sp³-hybridized carbons (Fsp3) is 0.407. The lowest BCUT2D eigenvalue weighted by molar-refractivity contribution is -0.119. The van der Waals surface area contributed by atoms with Crippen LogP contribution in [0, 0.1) is 0 Å². The van der Waals surface area contributed by atoms with Crippen LogP contribution >= 0.6 is 0 Å². The number of benzene rings is 2. The highest BCUT2D eigenvalue weighted by molar-refractivity contribution is 7.93. The first-order valence-corrected chi connectivity index (χ1v) is 14.1. The number of carbonyl (C=O) groups excluding carboxylic acids is 1. The van der Waals surface area contributed by atoms with E-state index in [1.807, 2.05) is 0 Å². The zero-order valence-corrected chi connectivity index (χ0v) is 22.4. The predicted octanol–water partition coefficient (Wildman–Crippen LogP) is 3.25. The first-order valence-electron chi connectivity index (χ1n) is 12.7. The molecule has 11 heteroatoms. The van der Waals surface area contributed by atoms with Gasteiger partial charge in [0.1, 0.15) is 11.5 Å². The van der Waals surface area contributed by atoms with Crippen LogP contribution in [0.2, 0.25) is 0 Å². The number of hydrogen-bond acceptors (Lipinski definition) is 8. The molecule has 2 heterocycles. The van der Waals surface area contributed by atoms with Crippen molar-refractivity contribution in [3.63, 3.8) is 0 Å². The molecule has 2 fully saturated rings. The Morgan fingerprint density at radius 2 is 1.84 bits per heavy atom. The molecule has 3 aromatic rings. The second-order valence-corrected chi connectivity index (χ2v) is 11.8. The summed E-state index contributed by atoms with van der Waals surface area (Å²) in [6.07, 6.45) is 3.95. The molecule has 10 nitrogen and oxygen atoms in total. The molecule has 1 aliphatic heterocycles. The van der Waals surface area contributed by atoms with Crippen molar-refractivity contribution in [3.8, 4) is 22.8 Å². The highest BCUT2D eigenvalue weighted by Crippen LogP contribution is 2.59. The molecule has 1 aromatic heterocycles. The first kappa shape index (κ1) is 24.6. The first-order chi connectivity index (χ1) is 18.3. The van der Waals surface area contributed by atoms with E-state index in [0.717, 1.165) is 42.7 Å². The molecule has 200 valence electrons. The highest BCUT2D eigenvalue weighted by Gasteiger charge is 2.50. The Morgan fingerprint density at radius 3 is 2.42 bits per heavy atom. The van der Waals surface area contributed by atoms with E-state index < -0.39 is 10.0 Å². The topological polar surface area (TPSA) is 123 Å². The fourth-order valence-corrected chi connectivity index (χ4v) is 6.83. The molecule has 1 amide bonds. The largest absolute Gasteiger partial charge is 0.495 e. The van der Waals surface area contributed by atoms with Gasteiger partial charge in [-0.05, 0) is 61.1 Å². The number of rotatable bonds is 8. The summed E-state index contributed by atoms with van der Waals surface area (Å²) in [5.74, 6) is 0.693. The summed E-state index contributed by atoms with van der Waals surface area (Å²) < 4.78 is 46.7. The number of sulfonamides is 1. The van der Waals surface area contributed by atoms with E-state index in [2.05, 4.69) is 38.3 Å². The van der Waals surface area contributed by atoms with Crippen LogP contribution in [0.5, 0.6) is 11.5 Å². The average molecular weight is 539 g/mol. The van der Waals surface area contributed by atoms with Crippen molar-refractivity contribution in [2.24, 2.45) is 0 Å². The molecule has 0 unspecified atom stereocenters. The van der Waals surface area contributed by atoms with Gasteiger partial charge in [0.25, 0.3) is 10.0 Å². The normalized spacial score (nSPS) is 16.8. The molecule has 38 heavy (non-hydrogen) atoms. The third-order valence-electron chi connectivity index (χ3n) is 7.86. The molecule has 3 aliphatic rings. The van der Waals surface area contributed by atoms with Crippen LogP contribution < -0.4 is 24.4 Å². The minimum absolute atomic E-state index is 0.0154. The summed E-state index contributed by atoms with van der Waals surface area (Å²) in [5, 5.41) is 6.73. The van der Waals surface area contributed by atoms with Gasteiger partial charge in [0.15, 0.2) is 16.5 Å². The number of nitrogens with one attached hydrogen (secondary N) is 2. The maximum atomic E-state index is 13.7. The maximum absolute atomic E-state index is 13.7. The smallest absolute Gasteiger partial charge is 0.270 e. The van der Waals surface area contributed by atoms with Gasteiger partial charge in [0.2, 0.25) is 5.91 Å². The van der Waals surface area contributed by atoms with Gasteiger partial charge < -0.3 is 24.2 Å². The zero-order valence-electron chi connectivity index (χ0n) is 21.6. The molecular formula is C27H30N4O6S. The Morgan fingerprint density at radius 1 is 1.13 bits per heavy atom. The molecule has 2 N–H and O–H groups in total. The second-order valence-electron chi connectivity index (χ2n) is 10.2. The average Bonchev–Trinajstić information content (AvgIpc) is 3.54. The van der Waals surface area contributed by atoms with Gasteiger partial charge >= 0.3 is 0 Å². The molecule has 2 aromatic carbocycles. The molecule has 2 aliphatic carbocycles. The van der Waals surface area contributed by atoms with Gasteiger partial charge in [0, 0.05) is 42.4 Å². The minimum atomic E-state index is -4.19. The number of anilines is 2. The lowest BCUT2D eigenvalue weighted by atomic mass is 9.79. The van der Waals surface area contributed by atoms with Crippen molar-refractivity contribution < 1.29 is 27.2 Å². The Bertz CT molecular complexity index is 1510. The number of nitrogens with zero attached hydrogens (tertiary/aromatic N) is 2. The van der Waals surface area contributed by atoms with E-state index in [0.29, 0.717) is 17.7 Å². The summed E-state index contributed by atoms with van der Waals surface area (Å²) >= 11 is 0. The van der Waals surface area contributed by atoms with Crippen molar-refractivity contribution in [1.29, 1.82) is 0 Å². The van der Waals surface area contributed by atoms with Crippen LogP contribution in [0.15, 0.2) is 39.8 Å². The maximum Gasteiger partial charge on any atom is 0.270 e. The van der Waals surface area contributed by atoms with Gasteiger partial charge in [-0.15, -0.1) is 0 Å². The third kappa shape index (κ3) is 3.96. The molecule has 1 saturated carbocycles. The molecule has 1 spiro atoms. The number of fused-ring (bicyclic) bond motifs is 4. The van der Waals surface area contributed by atoms with E-state index >= 15 is 0 Å². The van der Waals surface area contributed by atoms with Crippen molar-refractivity contribution >= 4 is 27.4 Å². The van der Waals surface area contributed by atoms with E-state index in [-0.39, 0.29) is 40.0 Å². The van der Waals surface area contributed by atoms with Crippen molar-refractivity contribution in [2.75, 3.05) is 44.0 Å². The van der Waals surface area contributed by atoms with Gasteiger partial charge in [0.05, 0.1) is 20.6 Å². The van der Waals surface area contributed by atoms with E-state index in [4.69, 9.17) is 14.0 Å². The lowest BCUT2D eigenvalue weighted by Crippen LogP contribution is -2.37. The zero-order chi connectivity index (χ0) is 26.7. The van der Waals surface area contributed by atoms with Crippen molar-refractivity contribution in [3.05, 3.63) is 47.0 Å². The third-order valence-corrected chi connectivity index (χ3v) is 9.26. The van der Waals surface area contributed by atoms with Gasteiger partial charge in [-0.2, -0.15) is 0 Å². The van der Waals surface area contributed by atoms with Crippen LogP contribution in [0.4, 0.5) is 11.5 Å².